The van der Waals surface area contributed by atoms with Gasteiger partial charge in [0, 0.05) is 13.2 Å². The number of rotatable bonds is 2. The molecule has 0 saturated carbocycles. The van der Waals surface area contributed by atoms with E-state index in [2.05, 4.69) is 15.0 Å². The monoisotopic (exact) mass is 255 g/mol. The molecular formula is C11H17N3O4. The van der Waals surface area contributed by atoms with E-state index in [1.54, 1.807) is 27.8 Å². The van der Waals surface area contributed by atoms with E-state index in [0.717, 1.165) is 0 Å². The summed E-state index contributed by atoms with van der Waals surface area (Å²) in [5.41, 5.74) is -0.593. The van der Waals surface area contributed by atoms with Crippen molar-refractivity contribution in [3.63, 3.8) is 0 Å². The maximum Gasteiger partial charge on any atom is 0.413 e. The second-order valence-corrected chi connectivity index (χ2v) is 4.68. The van der Waals surface area contributed by atoms with Crippen LogP contribution in [0.4, 0.5) is 10.6 Å². The van der Waals surface area contributed by atoms with Crippen LogP contribution < -0.4 is 5.32 Å². The number of ether oxygens (including phenoxy) is 2. The fraction of sp³-hybridized carbons (Fsp3) is 0.545. The molecule has 0 aromatic carbocycles. The van der Waals surface area contributed by atoms with Gasteiger partial charge in [-0.15, -0.1) is 0 Å². The molecular weight excluding hydrogens is 238 g/mol. The number of nitrogens with one attached hydrogen (secondary N) is 1. The number of nitrogens with zero attached hydrogens (tertiary/aromatic N) is 2. The summed E-state index contributed by atoms with van der Waals surface area (Å²) in [7, 11) is 2.89. The summed E-state index contributed by atoms with van der Waals surface area (Å²) in [4.78, 5) is 26.7. The molecule has 0 saturated heterocycles. The highest BCUT2D eigenvalue weighted by Crippen LogP contribution is 2.11. The first-order chi connectivity index (χ1) is 8.23. The minimum Gasteiger partial charge on any atom is -0.463 e. The Bertz CT molecular complexity index is 459. The average molecular weight is 255 g/mol. The van der Waals surface area contributed by atoms with Gasteiger partial charge < -0.3 is 14.0 Å². The van der Waals surface area contributed by atoms with Crippen molar-refractivity contribution in [1.82, 2.24) is 9.55 Å². The molecule has 0 unspecified atom stereocenters. The van der Waals surface area contributed by atoms with Crippen LogP contribution in [-0.2, 0) is 16.5 Å². The van der Waals surface area contributed by atoms with Crippen molar-refractivity contribution in [3.05, 3.63) is 12.0 Å². The first-order valence-corrected chi connectivity index (χ1v) is 5.34. The summed E-state index contributed by atoms with van der Waals surface area (Å²) in [6, 6.07) is 0. The third-order valence-corrected chi connectivity index (χ3v) is 1.87. The molecule has 100 valence electrons. The van der Waals surface area contributed by atoms with Crippen LogP contribution in [0.25, 0.3) is 0 Å². The molecule has 1 rings (SSSR count). The molecule has 0 fully saturated rings. The van der Waals surface area contributed by atoms with Gasteiger partial charge in [-0.3, -0.25) is 5.32 Å². The number of anilines is 1. The largest absolute Gasteiger partial charge is 0.463 e. The van der Waals surface area contributed by atoms with E-state index in [4.69, 9.17) is 4.74 Å². The van der Waals surface area contributed by atoms with Crippen molar-refractivity contribution < 1.29 is 19.1 Å². The normalized spacial score (nSPS) is 10.9. The number of carbonyl (C=O) groups excluding carboxylic acids is 2. The molecule has 7 heteroatoms. The van der Waals surface area contributed by atoms with Crippen LogP contribution >= 0.6 is 0 Å². The van der Waals surface area contributed by atoms with E-state index < -0.39 is 17.7 Å². The van der Waals surface area contributed by atoms with E-state index in [1.165, 1.54) is 17.9 Å². The number of esters is 1. The number of aryl methyl sites for hydroxylation is 1. The fourth-order valence-electron chi connectivity index (χ4n) is 1.22. The standard InChI is InChI=1S/C11H17N3O4/c1-11(2,3)18-10(16)13-7-6-14(4)8(12-7)9(15)17-5/h6H,1-5H3,(H,13,16). The lowest BCUT2D eigenvalue weighted by Gasteiger charge is -2.18. The zero-order chi connectivity index (χ0) is 13.9. The van der Waals surface area contributed by atoms with Gasteiger partial charge in [0.2, 0.25) is 5.82 Å². The van der Waals surface area contributed by atoms with Crippen molar-refractivity contribution in [2.75, 3.05) is 12.4 Å². The molecule has 1 N–H and O–H groups in total. The summed E-state index contributed by atoms with van der Waals surface area (Å²) >= 11 is 0. The van der Waals surface area contributed by atoms with Gasteiger partial charge in [-0.1, -0.05) is 0 Å². The van der Waals surface area contributed by atoms with Gasteiger partial charge in [0.25, 0.3) is 0 Å². The number of hydrogen-bond donors (Lipinski definition) is 1. The summed E-state index contributed by atoms with van der Waals surface area (Å²) in [5, 5.41) is 2.44. The van der Waals surface area contributed by atoms with Crippen LogP contribution in [0.2, 0.25) is 0 Å². The van der Waals surface area contributed by atoms with Crippen molar-refractivity contribution in [3.8, 4) is 0 Å². The maximum atomic E-state index is 11.5. The summed E-state index contributed by atoms with van der Waals surface area (Å²) < 4.78 is 11.1. The first-order valence-electron chi connectivity index (χ1n) is 5.34. The predicted octanol–water partition coefficient (Wildman–Crippen LogP) is 1.55. The van der Waals surface area contributed by atoms with Crippen LogP contribution in [-0.4, -0.2) is 34.3 Å². The zero-order valence-corrected chi connectivity index (χ0v) is 11.1. The molecule has 18 heavy (non-hydrogen) atoms. The Hall–Kier alpha value is -2.05. The van der Waals surface area contributed by atoms with Gasteiger partial charge in [-0.25, -0.2) is 14.6 Å². The van der Waals surface area contributed by atoms with E-state index in [1.807, 2.05) is 0 Å². The molecule has 1 aromatic heterocycles. The fourth-order valence-corrected chi connectivity index (χ4v) is 1.22. The second-order valence-electron chi connectivity index (χ2n) is 4.68. The number of aromatic nitrogens is 2. The van der Waals surface area contributed by atoms with Gasteiger partial charge in [0.05, 0.1) is 7.11 Å². The highest BCUT2D eigenvalue weighted by Gasteiger charge is 2.19. The minimum absolute atomic E-state index is 0.101. The lowest BCUT2D eigenvalue weighted by atomic mass is 10.2. The Morgan fingerprint density at radius 2 is 2.00 bits per heavy atom. The zero-order valence-electron chi connectivity index (χ0n) is 11.1. The highest BCUT2D eigenvalue weighted by atomic mass is 16.6. The molecule has 0 spiro atoms. The van der Waals surface area contributed by atoms with Gasteiger partial charge in [0.15, 0.2) is 5.82 Å². The summed E-state index contributed by atoms with van der Waals surface area (Å²) in [6.45, 7) is 5.26. The Kier molecular flexibility index (Phi) is 3.95. The molecule has 0 radical (unpaired) electrons. The molecule has 1 heterocycles. The molecule has 7 nitrogen and oxygen atoms in total. The first kappa shape index (κ1) is 14.0. The lowest BCUT2D eigenvalue weighted by molar-refractivity contribution is 0.0579. The van der Waals surface area contributed by atoms with Gasteiger partial charge in [-0.05, 0) is 20.8 Å². The predicted molar refractivity (Wildman–Crippen MR) is 64.4 cm³/mol. The smallest absolute Gasteiger partial charge is 0.413 e. The van der Waals surface area contributed by atoms with Crippen LogP contribution in [0.5, 0.6) is 0 Å². The number of hydrogen-bond acceptors (Lipinski definition) is 5. The summed E-state index contributed by atoms with van der Waals surface area (Å²) in [5.74, 6) is -0.245. The Morgan fingerprint density at radius 3 is 2.50 bits per heavy atom. The highest BCUT2D eigenvalue weighted by molar-refractivity contribution is 5.88. The molecule has 0 aliphatic heterocycles. The van der Waals surface area contributed by atoms with E-state index in [0.29, 0.717) is 0 Å². The van der Waals surface area contributed by atoms with E-state index in [9.17, 15) is 9.59 Å². The van der Waals surface area contributed by atoms with Crippen LogP contribution in [0.1, 0.15) is 31.4 Å². The third kappa shape index (κ3) is 3.76. The van der Waals surface area contributed by atoms with Crippen molar-refractivity contribution in [2.45, 2.75) is 26.4 Å². The number of amides is 1. The molecule has 1 amide bonds. The van der Waals surface area contributed by atoms with Gasteiger partial charge in [-0.2, -0.15) is 0 Å². The van der Waals surface area contributed by atoms with Gasteiger partial charge >= 0.3 is 12.1 Å². The van der Waals surface area contributed by atoms with Crippen molar-refractivity contribution in [2.24, 2.45) is 7.05 Å². The Balaban J connectivity index is 2.75. The third-order valence-electron chi connectivity index (χ3n) is 1.87. The topological polar surface area (TPSA) is 82.4 Å². The SMILES string of the molecule is COC(=O)c1nc(NC(=O)OC(C)(C)C)cn1C. The Morgan fingerprint density at radius 1 is 1.39 bits per heavy atom. The second kappa shape index (κ2) is 5.07. The number of methoxy groups -OCH3 is 1. The van der Waals surface area contributed by atoms with Crippen LogP contribution in [0, 0.1) is 0 Å². The molecule has 0 aliphatic rings. The van der Waals surface area contributed by atoms with Crippen molar-refractivity contribution in [1.29, 1.82) is 0 Å². The Labute approximate surface area is 105 Å². The summed E-state index contributed by atoms with van der Waals surface area (Å²) in [6.07, 6.45) is 0.868. The van der Waals surface area contributed by atoms with Crippen LogP contribution in [0.3, 0.4) is 0 Å². The van der Waals surface area contributed by atoms with Gasteiger partial charge in [0.1, 0.15) is 5.60 Å². The molecule has 0 bridgehead atoms. The number of carbonyl (C=O) groups is 2. The number of imidazole rings is 1. The minimum atomic E-state index is -0.628. The molecule has 0 atom stereocenters. The lowest BCUT2D eigenvalue weighted by Crippen LogP contribution is -2.27. The molecule has 0 aliphatic carbocycles. The maximum absolute atomic E-state index is 11.5. The van der Waals surface area contributed by atoms with Crippen molar-refractivity contribution >= 4 is 17.9 Å². The average Bonchev–Trinajstić information content (AvgIpc) is 2.55. The van der Waals surface area contributed by atoms with E-state index in [-0.39, 0.29) is 11.6 Å². The quantitative estimate of drug-likeness (QED) is 0.811. The van der Waals surface area contributed by atoms with E-state index >= 15 is 0 Å². The molecule has 1 aromatic rings. The van der Waals surface area contributed by atoms with Crippen LogP contribution in [0.15, 0.2) is 6.20 Å².